The Kier molecular flexibility index (Phi) is 3.32. The molecule has 2 amide bonds. The van der Waals surface area contributed by atoms with Crippen LogP contribution in [0.25, 0.3) is 0 Å². The Morgan fingerprint density at radius 2 is 1.61 bits per heavy atom. The summed E-state index contributed by atoms with van der Waals surface area (Å²) in [5.41, 5.74) is 0.128. The molecule has 0 bridgehead atoms. The molecule has 0 aromatic heterocycles. The summed E-state index contributed by atoms with van der Waals surface area (Å²) in [4.78, 5) is 25.1. The van der Waals surface area contributed by atoms with Crippen molar-refractivity contribution in [3.8, 4) is 0 Å². The lowest BCUT2D eigenvalue weighted by Gasteiger charge is -2.37. The van der Waals surface area contributed by atoms with Crippen LogP contribution in [0.4, 0.5) is 0 Å². The van der Waals surface area contributed by atoms with Crippen LogP contribution in [0.1, 0.15) is 46.5 Å². The van der Waals surface area contributed by atoms with Gasteiger partial charge in [0.2, 0.25) is 0 Å². The van der Waals surface area contributed by atoms with Gasteiger partial charge in [-0.1, -0.05) is 6.92 Å². The predicted molar refractivity (Wildman–Crippen MR) is 67.7 cm³/mol. The number of carbonyl (C=O) groups excluding carboxylic acids is 2. The molecule has 2 rings (SSSR count). The topological polar surface area (TPSA) is 57.6 Å². The molecule has 4 heteroatoms. The van der Waals surface area contributed by atoms with Crippen molar-refractivity contribution in [1.82, 2.24) is 4.90 Å². The lowest BCUT2D eigenvalue weighted by Crippen LogP contribution is -2.48. The Morgan fingerprint density at radius 1 is 1.17 bits per heavy atom. The first-order valence-corrected chi connectivity index (χ1v) is 6.60. The van der Waals surface area contributed by atoms with Gasteiger partial charge in [0.25, 0.3) is 11.8 Å². The van der Waals surface area contributed by atoms with Crippen LogP contribution < -0.4 is 0 Å². The number of imide groups is 1. The highest BCUT2D eigenvalue weighted by Gasteiger charge is 2.40. The second-order valence-corrected chi connectivity index (χ2v) is 5.85. The second-order valence-electron chi connectivity index (χ2n) is 5.85. The maximum absolute atomic E-state index is 11.9. The van der Waals surface area contributed by atoms with Crippen molar-refractivity contribution in [3.63, 3.8) is 0 Å². The zero-order valence-electron chi connectivity index (χ0n) is 11.3. The molecule has 1 aliphatic carbocycles. The quantitative estimate of drug-likeness (QED) is 0.759. The third-order valence-electron chi connectivity index (χ3n) is 4.35. The summed E-state index contributed by atoms with van der Waals surface area (Å²) in [5.74, 6) is 0.131. The number of nitrogens with zero attached hydrogens (tertiary/aromatic N) is 1. The zero-order chi connectivity index (χ0) is 13.5. The first kappa shape index (κ1) is 13.3. The van der Waals surface area contributed by atoms with Crippen molar-refractivity contribution in [2.24, 2.45) is 5.92 Å². The van der Waals surface area contributed by atoms with E-state index in [1.54, 1.807) is 13.8 Å². The molecule has 0 saturated heterocycles. The lowest BCUT2D eigenvalue weighted by molar-refractivity contribution is -0.143. The molecule has 100 valence electrons. The largest absolute Gasteiger partial charge is 0.388 e. The fourth-order valence-corrected chi connectivity index (χ4v) is 2.71. The van der Waals surface area contributed by atoms with E-state index < -0.39 is 5.60 Å². The Hall–Kier alpha value is -1.16. The van der Waals surface area contributed by atoms with Gasteiger partial charge in [-0.2, -0.15) is 0 Å². The molecule has 1 fully saturated rings. The van der Waals surface area contributed by atoms with E-state index in [0.29, 0.717) is 29.9 Å². The summed E-state index contributed by atoms with van der Waals surface area (Å²) in [6, 6.07) is 0. The second kappa shape index (κ2) is 4.50. The highest BCUT2D eigenvalue weighted by atomic mass is 16.3. The fourth-order valence-electron chi connectivity index (χ4n) is 2.71. The van der Waals surface area contributed by atoms with Crippen LogP contribution in [0.2, 0.25) is 0 Å². The van der Waals surface area contributed by atoms with Gasteiger partial charge in [-0.3, -0.25) is 14.5 Å². The van der Waals surface area contributed by atoms with Gasteiger partial charge in [0.1, 0.15) is 0 Å². The maximum atomic E-state index is 11.9. The Morgan fingerprint density at radius 3 is 2.06 bits per heavy atom. The van der Waals surface area contributed by atoms with Crippen molar-refractivity contribution < 1.29 is 14.7 Å². The average Bonchev–Trinajstić information content (AvgIpc) is 2.51. The van der Waals surface area contributed by atoms with E-state index in [1.165, 1.54) is 4.90 Å². The normalized spacial score (nSPS) is 33.6. The highest BCUT2D eigenvalue weighted by Crippen LogP contribution is 2.34. The van der Waals surface area contributed by atoms with Gasteiger partial charge in [-0.15, -0.1) is 0 Å². The molecular weight excluding hydrogens is 230 g/mol. The maximum Gasteiger partial charge on any atom is 0.256 e. The first-order valence-electron chi connectivity index (χ1n) is 6.60. The molecule has 0 aromatic rings. The van der Waals surface area contributed by atoms with E-state index in [2.05, 4.69) is 6.92 Å². The SMILES string of the molecule is CC1=C(C)C(=O)N(CC2(O)CCC(C)CC2)C1=O. The first-order chi connectivity index (χ1) is 8.34. The van der Waals surface area contributed by atoms with Crippen molar-refractivity contribution in [2.45, 2.75) is 52.1 Å². The van der Waals surface area contributed by atoms with Gasteiger partial charge in [0.05, 0.1) is 12.1 Å². The Bertz CT molecular complexity index is 393. The summed E-state index contributed by atoms with van der Waals surface area (Å²) in [6.45, 7) is 5.65. The van der Waals surface area contributed by atoms with E-state index in [0.717, 1.165) is 12.8 Å². The zero-order valence-corrected chi connectivity index (χ0v) is 11.3. The third kappa shape index (κ3) is 2.21. The minimum Gasteiger partial charge on any atom is -0.388 e. The van der Waals surface area contributed by atoms with Gasteiger partial charge in [-0.25, -0.2) is 0 Å². The number of carbonyl (C=O) groups is 2. The van der Waals surface area contributed by atoms with Crippen LogP contribution in [-0.2, 0) is 9.59 Å². The number of hydrogen-bond donors (Lipinski definition) is 1. The van der Waals surface area contributed by atoms with E-state index in [1.807, 2.05) is 0 Å². The van der Waals surface area contributed by atoms with Crippen LogP contribution >= 0.6 is 0 Å². The van der Waals surface area contributed by atoms with Crippen LogP contribution in [0, 0.1) is 5.92 Å². The molecule has 4 nitrogen and oxygen atoms in total. The Balaban J connectivity index is 2.07. The Labute approximate surface area is 108 Å². The summed E-state index contributed by atoms with van der Waals surface area (Å²) in [7, 11) is 0. The van der Waals surface area contributed by atoms with Crippen molar-refractivity contribution >= 4 is 11.8 Å². The molecule has 1 N–H and O–H groups in total. The molecule has 1 heterocycles. The smallest absolute Gasteiger partial charge is 0.256 e. The highest BCUT2D eigenvalue weighted by molar-refractivity contribution is 6.18. The molecule has 2 aliphatic rings. The van der Waals surface area contributed by atoms with Crippen molar-refractivity contribution in [1.29, 1.82) is 0 Å². The monoisotopic (exact) mass is 251 g/mol. The number of aliphatic hydroxyl groups is 1. The molecule has 0 spiro atoms. The molecular formula is C14H21NO3. The molecule has 18 heavy (non-hydrogen) atoms. The summed E-state index contributed by atoms with van der Waals surface area (Å²) < 4.78 is 0. The minimum absolute atomic E-state index is 0.145. The van der Waals surface area contributed by atoms with Gasteiger partial charge < -0.3 is 5.11 Å². The van der Waals surface area contributed by atoms with Crippen LogP contribution in [0.5, 0.6) is 0 Å². The summed E-state index contributed by atoms with van der Waals surface area (Å²) >= 11 is 0. The number of hydrogen-bond acceptors (Lipinski definition) is 3. The van der Waals surface area contributed by atoms with Gasteiger partial charge >= 0.3 is 0 Å². The third-order valence-corrected chi connectivity index (χ3v) is 4.35. The van der Waals surface area contributed by atoms with Crippen LogP contribution in [0.15, 0.2) is 11.1 Å². The van der Waals surface area contributed by atoms with Crippen molar-refractivity contribution in [2.75, 3.05) is 6.54 Å². The molecule has 0 aromatic carbocycles. The van der Waals surface area contributed by atoms with E-state index in [-0.39, 0.29) is 18.4 Å². The standard InChI is InChI=1S/C14H21NO3/c1-9-4-6-14(18,7-5-9)8-15-12(16)10(2)11(3)13(15)17/h9,18H,4-8H2,1-3H3. The summed E-state index contributed by atoms with van der Waals surface area (Å²) in [6.07, 6.45) is 3.25. The minimum atomic E-state index is -0.886. The van der Waals surface area contributed by atoms with Gasteiger partial charge in [0.15, 0.2) is 0 Å². The summed E-state index contributed by atoms with van der Waals surface area (Å²) in [5, 5.41) is 10.5. The van der Waals surface area contributed by atoms with Crippen molar-refractivity contribution in [3.05, 3.63) is 11.1 Å². The van der Waals surface area contributed by atoms with E-state index in [4.69, 9.17) is 0 Å². The molecule has 0 unspecified atom stereocenters. The lowest BCUT2D eigenvalue weighted by atomic mass is 9.79. The number of amides is 2. The van der Waals surface area contributed by atoms with E-state index in [9.17, 15) is 14.7 Å². The van der Waals surface area contributed by atoms with Crippen LogP contribution in [0.3, 0.4) is 0 Å². The van der Waals surface area contributed by atoms with E-state index >= 15 is 0 Å². The molecule has 0 atom stereocenters. The fraction of sp³-hybridized carbons (Fsp3) is 0.714. The van der Waals surface area contributed by atoms with Gasteiger partial charge in [-0.05, 0) is 45.4 Å². The van der Waals surface area contributed by atoms with Gasteiger partial charge in [0, 0.05) is 11.1 Å². The number of β-amino-alcohol motifs (C(OH)–C–C–N with tert-alkyl or cyclic N) is 1. The van der Waals surface area contributed by atoms with Crippen LogP contribution in [-0.4, -0.2) is 34.0 Å². The molecule has 0 radical (unpaired) electrons. The average molecular weight is 251 g/mol. The predicted octanol–water partition coefficient (Wildman–Crippen LogP) is 1.63. The molecule has 1 saturated carbocycles. The number of rotatable bonds is 2. The molecule has 1 aliphatic heterocycles.